The minimum atomic E-state index is -1.88. The molecule has 2 aromatic carbocycles. The van der Waals surface area contributed by atoms with Gasteiger partial charge in [0.25, 0.3) is 11.7 Å². The van der Waals surface area contributed by atoms with Crippen LogP contribution in [0.25, 0.3) is 10.8 Å². The number of amides is 2. The highest BCUT2D eigenvalue weighted by Gasteiger charge is 2.50. The Morgan fingerprint density at radius 2 is 1.59 bits per heavy atom. The number of hydrogen-bond acceptors (Lipinski definition) is 14. The summed E-state index contributed by atoms with van der Waals surface area (Å²) in [6, 6.07) is -0.000515. The van der Waals surface area contributed by atoms with Crippen LogP contribution in [0, 0.1) is 42.4 Å². The molecule has 2 amide bonds. The van der Waals surface area contributed by atoms with Crippen molar-refractivity contribution < 1.29 is 49.0 Å². The maximum Gasteiger partial charge on any atom is 0.407 e. The van der Waals surface area contributed by atoms with Gasteiger partial charge in [-0.15, -0.1) is 0 Å². The molecule has 2 aromatic rings. The summed E-state index contributed by atoms with van der Waals surface area (Å²) in [5.41, 5.74) is -0.277. The fourth-order valence-corrected chi connectivity index (χ4v) is 12.1. The Labute approximate surface area is 432 Å². The number of rotatable bonds is 6. The molecule has 3 fully saturated rings. The number of ether oxygens (including phenoxy) is 3. The van der Waals surface area contributed by atoms with E-state index in [2.05, 4.69) is 41.2 Å². The predicted molar refractivity (Wildman–Crippen MR) is 282 cm³/mol. The van der Waals surface area contributed by atoms with Crippen LogP contribution in [-0.2, 0) is 14.3 Å². The van der Waals surface area contributed by atoms with Crippen molar-refractivity contribution in [2.24, 2.45) is 45.5 Å². The molecule has 6 N–H and O–H groups in total. The number of piperidine rings is 2. The Balaban J connectivity index is 0.00000385. The third-order valence-electron chi connectivity index (χ3n) is 16.3. The van der Waals surface area contributed by atoms with Crippen LogP contribution in [0.1, 0.15) is 142 Å². The highest BCUT2D eigenvalue weighted by molar-refractivity contribution is 6.19. The lowest BCUT2D eigenvalue weighted by atomic mass is 9.80. The molecular formula is C57H84N6O10. The van der Waals surface area contributed by atoms with Crippen LogP contribution < -0.4 is 26.1 Å². The van der Waals surface area contributed by atoms with E-state index in [0.717, 1.165) is 65.1 Å². The molecule has 4 unspecified atom stereocenters. The molecule has 2 saturated heterocycles. The van der Waals surface area contributed by atoms with Gasteiger partial charge < -0.3 is 55.1 Å². The summed E-state index contributed by atoms with van der Waals surface area (Å²) in [5.74, 6) is -3.21. The Kier molecular flexibility index (Phi) is 18.1. The van der Waals surface area contributed by atoms with Gasteiger partial charge in [-0.1, -0.05) is 79.0 Å². The molecule has 1 saturated carbocycles. The molecule has 7 atom stereocenters. The van der Waals surface area contributed by atoms with Gasteiger partial charge in [0.2, 0.25) is 0 Å². The molecule has 16 nitrogen and oxygen atoms in total. The monoisotopic (exact) mass is 1010 g/mol. The number of aliphatic hydroxyl groups excluding tert-OH is 2. The van der Waals surface area contributed by atoms with E-state index < -0.39 is 53.1 Å². The number of nitrogens with one attached hydrogen (secondary N) is 2. The molecule has 73 heavy (non-hydrogen) atoms. The average Bonchev–Trinajstić information content (AvgIpc) is 3.87. The number of likely N-dealkylation sites (tertiary alicyclic amines) is 2. The molecule has 16 heteroatoms. The lowest BCUT2D eigenvalue weighted by molar-refractivity contribution is -0.112. The summed E-state index contributed by atoms with van der Waals surface area (Å²) < 4.78 is 18.9. The van der Waals surface area contributed by atoms with Crippen LogP contribution in [0.2, 0.25) is 0 Å². The van der Waals surface area contributed by atoms with Crippen molar-refractivity contribution in [2.45, 2.75) is 163 Å². The first kappa shape index (κ1) is 55.7. The summed E-state index contributed by atoms with van der Waals surface area (Å²) in [4.78, 5) is 58.0. The third-order valence-corrected chi connectivity index (χ3v) is 16.3. The first-order valence-corrected chi connectivity index (χ1v) is 27.1. The number of allylic oxidation sites excluding steroid dienone is 4. The van der Waals surface area contributed by atoms with Crippen molar-refractivity contribution in [3.63, 3.8) is 0 Å². The van der Waals surface area contributed by atoms with Crippen molar-refractivity contribution in [1.82, 2.24) is 15.1 Å². The highest BCUT2D eigenvalue weighted by Crippen LogP contribution is 2.50. The molecule has 9 rings (SSSR count). The maximum atomic E-state index is 14.9. The molecule has 402 valence electrons. The smallest absolute Gasteiger partial charge is 0.407 e. The number of anilines is 1. The lowest BCUT2D eigenvalue weighted by Crippen LogP contribution is -2.48. The SMILES string of the molecule is C/C1=C/C=C/C(C)C[C@@H](C)C(O)[C@@H](C)C(OC(=O)NC2CCN(CC3CCCCC3)CC2)[C@H](C)C/C=C/OC2(C)Oc3c(C)c(O)c4c(O)c(c5c(c4c3C2=O)=NC2(CCN(CC(C)C)CC2)N=5)NC1=O.CO. The zero-order chi connectivity index (χ0) is 52.9. The van der Waals surface area contributed by atoms with Crippen LogP contribution in [0.5, 0.6) is 17.2 Å². The molecule has 0 radical (unpaired) electrons. The number of Topliss-reactive ketones (excluding diaryl/α,β-unsaturated/α-hetero) is 1. The number of benzene rings is 2. The Bertz CT molecular complexity index is 2560. The minimum Gasteiger partial charge on any atom is -0.507 e. The largest absolute Gasteiger partial charge is 0.507 e. The number of carbonyl (C=O) groups excluding carboxylic acids is 3. The Morgan fingerprint density at radius 3 is 2.26 bits per heavy atom. The summed E-state index contributed by atoms with van der Waals surface area (Å²) in [5, 5.41) is 49.8. The van der Waals surface area contributed by atoms with Crippen molar-refractivity contribution in [1.29, 1.82) is 0 Å². The fraction of sp³-hybridized carbons (Fsp3) is 0.667. The molecule has 5 bridgehead atoms. The van der Waals surface area contributed by atoms with Gasteiger partial charge in [0.05, 0.1) is 28.7 Å². The minimum absolute atomic E-state index is 0.000515. The van der Waals surface area contributed by atoms with Crippen molar-refractivity contribution in [2.75, 3.05) is 51.7 Å². The summed E-state index contributed by atoms with van der Waals surface area (Å²) in [6.45, 7) is 22.5. The molecular weight excluding hydrogens is 929 g/mol. The second kappa shape index (κ2) is 23.7. The molecule has 6 aliphatic heterocycles. The number of ketones is 1. The Morgan fingerprint density at radius 1 is 0.918 bits per heavy atom. The number of aromatic hydroxyl groups is 2. The summed E-state index contributed by atoms with van der Waals surface area (Å²) in [7, 11) is 1.00. The van der Waals surface area contributed by atoms with Gasteiger partial charge in [-0.3, -0.25) is 19.6 Å². The van der Waals surface area contributed by atoms with Crippen LogP contribution >= 0.6 is 0 Å². The maximum absolute atomic E-state index is 14.9. The zero-order valence-corrected chi connectivity index (χ0v) is 45.1. The standard InChI is InChI=1S/C56H80N6O9.CH4O/c1-32(2)30-62-26-22-56(23-27-62)59-44-41-42-48(64)38(8)51-43(41)52(66)55(9,71-51)69-28-14-17-34(4)50(70-54(68)57-40-20-24-61(25-21-40)31-39-18-11-10-12-19-39)37(7)47(63)36(6)29-33(3)15-13-16-35(5)53(67)58-46(49(42)65)45(44)60-56;1-2/h13-16,28,32-34,36-37,39-40,47,50,63-65H,10-12,17-27,29-31H2,1-9H3,(H,57,68)(H,58,67);2H,1H3/b15-13+,28-14+,35-16-;/t33?,34-,36-,37-,47?,50?,55?;/m1./s1. The van der Waals surface area contributed by atoms with Gasteiger partial charge in [0, 0.05) is 94.6 Å². The lowest BCUT2D eigenvalue weighted by Gasteiger charge is -2.37. The van der Waals surface area contributed by atoms with E-state index in [4.69, 9.17) is 29.3 Å². The predicted octanol–water partition coefficient (Wildman–Crippen LogP) is 7.97. The van der Waals surface area contributed by atoms with Gasteiger partial charge in [0.1, 0.15) is 28.6 Å². The average molecular weight is 1010 g/mol. The summed E-state index contributed by atoms with van der Waals surface area (Å²) >= 11 is 0. The molecule has 6 heterocycles. The van der Waals surface area contributed by atoms with E-state index in [-0.39, 0.29) is 73.6 Å². The zero-order valence-electron chi connectivity index (χ0n) is 45.1. The van der Waals surface area contributed by atoms with Gasteiger partial charge in [-0.2, -0.15) is 0 Å². The van der Waals surface area contributed by atoms with Crippen LogP contribution in [0.3, 0.4) is 0 Å². The first-order chi connectivity index (χ1) is 34.8. The quantitative estimate of drug-likeness (QED) is 0.152. The molecule has 1 aliphatic carbocycles. The van der Waals surface area contributed by atoms with E-state index in [1.807, 2.05) is 32.9 Å². The van der Waals surface area contributed by atoms with E-state index in [1.165, 1.54) is 45.3 Å². The van der Waals surface area contributed by atoms with E-state index >= 15 is 0 Å². The molecule has 0 aromatic heterocycles. The molecule has 7 aliphatic rings. The second-order valence-electron chi connectivity index (χ2n) is 22.7. The van der Waals surface area contributed by atoms with Gasteiger partial charge in [0.15, 0.2) is 11.4 Å². The van der Waals surface area contributed by atoms with Crippen LogP contribution in [-0.4, -0.2) is 124 Å². The number of fused-ring (bicyclic) bond motifs is 13. The van der Waals surface area contributed by atoms with E-state index in [0.29, 0.717) is 37.2 Å². The first-order valence-electron chi connectivity index (χ1n) is 27.1. The van der Waals surface area contributed by atoms with Crippen LogP contribution in [0.4, 0.5) is 10.5 Å². The Hall–Kier alpha value is -5.03. The van der Waals surface area contributed by atoms with Crippen molar-refractivity contribution in [3.05, 3.63) is 58.0 Å². The number of hydrogen-bond donors (Lipinski definition) is 6. The van der Waals surface area contributed by atoms with E-state index in [9.17, 15) is 29.7 Å². The number of phenolic OH excluding ortho intramolecular Hbond substituents is 2. The van der Waals surface area contributed by atoms with Crippen LogP contribution in [0.15, 0.2) is 46.1 Å². The number of alkyl carbamates (subject to hydrolysis) is 1. The van der Waals surface area contributed by atoms with Gasteiger partial charge in [-0.25, -0.2) is 4.79 Å². The topological polar surface area (TPSA) is 215 Å². The highest BCUT2D eigenvalue weighted by atomic mass is 16.7. The van der Waals surface area contributed by atoms with Gasteiger partial charge >= 0.3 is 11.9 Å². The van der Waals surface area contributed by atoms with E-state index in [1.54, 1.807) is 26.0 Å². The van der Waals surface area contributed by atoms with Crippen molar-refractivity contribution >= 4 is 34.2 Å². The molecule has 1 spiro atoms. The number of carbonyl (C=O) groups is 3. The second-order valence-corrected chi connectivity index (χ2v) is 22.7. The summed E-state index contributed by atoms with van der Waals surface area (Å²) in [6.07, 6.45) is 17.2. The third kappa shape index (κ3) is 12.2. The van der Waals surface area contributed by atoms with Crippen molar-refractivity contribution in [3.8, 4) is 17.2 Å². The number of nitrogens with zero attached hydrogens (tertiary/aromatic N) is 4. The van der Waals surface area contributed by atoms with Gasteiger partial charge in [-0.05, 0) is 88.0 Å². The number of phenols is 2. The fourth-order valence-electron chi connectivity index (χ4n) is 12.1. The normalized spacial score (nSPS) is 30.2. The number of aliphatic hydroxyl groups is 2.